The van der Waals surface area contributed by atoms with Crippen LogP contribution in [0, 0.1) is 5.92 Å². The molecular formula is C14H22N4. The molecule has 0 atom stereocenters. The van der Waals surface area contributed by atoms with E-state index in [1.54, 1.807) is 0 Å². The van der Waals surface area contributed by atoms with Crippen LogP contribution in [0.1, 0.15) is 45.4 Å². The van der Waals surface area contributed by atoms with Gasteiger partial charge in [-0.1, -0.05) is 5.57 Å². The number of anilines is 1. The standard InChI is InChI=1S/C14H22N4/c1-11(2)9-13-15-14(17-7-3-4-8-17)18(16-13)10-12-5-6-12/h9,12H,3-8,10H2,1-2H3. The Hall–Kier alpha value is -1.32. The van der Waals surface area contributed by atoms with E-state index >= 15 is 0 Å². The Bertz CT molecular complexity index is 446. The highest BCUT2D eigenvalue weighted by Crippen LogP contribution is 2.32. The molecule has 2 aliphatic rings. The van der Waals surface area contributed by atoms with Crippen LogP contribution in [-0.2, 0) is 6.54 Å². The maximum absolute atomic E-state index is 4.71. The van der Waals surface area contributed by atoms with Gasteiger partial charge in [-0.2, -0.15) is 4.98 Å². The largest absolute Gasteiger partial charge is 0.341 e. The molecule has 0 unspecified atom stereocenters. The minimum absolute atomic E-state index is 0.840. The summed E-state index contributed by atoms with van der Waals surface area (Å²) in [6.45, 7) is 7.51. The number of rotatable bonds is 4. The molecule has 0 aromatic carbocycles. The van der Waals surface area contributed by atoms with Crippen molar-refractivity contribution in [1.29, 1.82) is 0 Å². The van der Waals surface area contributed by atoms with Gasteiger partial charge in [0.2, 0.25) is 5.95 Å². The fourth-order valence-electron chi connectivity index (χ4n) is 2.49. The van der Waals surface area contributed by atoms with Crippen LogP contribution >= 0.6 is 0 Å². The summed E-state index contributed by atoms with van der Waals surface area (Å²) in [5, 5.41) is 4.66. The molecule has 1 aromatic rings. The molecule has 2 fully saturated rings. The second-order valence-corrected chi connectivity index (χ2v) is 5.81. The Morgan fingerprint density at radius 3 is 2.61 bits per heavy atom. The first kappa shape index (κ1) is 11.8. The highest BCUT2D eigenvalue weighted by atomic mass is 15.4. The molecule has 98 valence electrons. The van der Waals surface area contributed by atoms with E-state index < -0.39 is 0 Å². The molecule has 4 heteroatoms. The lowest BCUT2D eigenvalue weighted by atomic mass is 10.3. The van der Waals surface area contributed by atoms with Crippen molar-refractivity contribution in [2.45, 2.75) is 46.1 Å². The van der Waals surface area contributed by atoms with Crippen LogP contribution in [0.4, 0.5) is 5.95 Å². The zero-order valence-electron chi connectivity index (χ0n) is 11.4. The van der Waals surface area contributed by atoms with Gasteiger partial charge in [0.25, 0.3) is 0 Å². The second-order valence-electron chi connectivity index (χ2n) is 5.81. The van der Waals surface area contributed by atoms with Gasteiger partial charge in [-0.25, -0.2) is 4.68 Å². The lowest BCUT2D eigenvalue weighted by Gasteiger charge is -2.16. The third-order valence-electron chi connectivity index (χ3n) is 3.60. The predicted molar refractivity (Wildman–Crippen MR) is 73.5 cm³/mol. The lowest BCUT2D eigenvalue weighted by molar-refractivity contribution is 0.556. The van der Waals surface area contributed by atoms with E-state index in [4.69, 9.17) is 4.98 Å². The van der Waals surface area contributed by atoms with Crippen molar-refractivity contribution in [1.82, 2.24) is 14.8 Å². The zero-order chi connectivity index (χ0) is 12.5. The summed E-state index contributed by atoms with van der Waals surface area (Å²) in [4.78, 5) is 7.10. The molecule has 4 nitrogen and oxygen atoms in total. The fraction of sp³-hybridized carbons (Fsp3) is 0.714. The molecule has 2 heterocycles. The van der Waals surface area contributed by atoms with Gasteiger partial charge in [0.05, 0.1) is 0 Å². The van der Waals surface area contributed by atoms with Gasteiger partial charge >= 0.3 is 0 Å². The highest BCUT2D eigenvalue weighted by Gasteiger charge is 2.26. The molecule has 0 spiro atoms. The molecule has 18 heavy (non-hydrogen) atoms. The monoisotopic (exact) mass is 246 g/mol. The smallest absolute Gasteiger partial charge is 0.224 e. The van der Waals surface area contributed by atoms with Crippen molar-refractivity contribution >= 4 is 12.0 Å². The third kappa shape index (κ3) is 2.57. The Morgan fingerprint density at radius 2 is 2.00 bits per heavy atom. The highest BCUT2D eigenvalue weighted by molar-refractivity contribution is 5.46. The Kier molecular flexibility index (Phi) is 3.10. The van der Waals surface area contributed by atoms with Crippen LogP contribution in [0.2, 0.25) is 0 Å². The molecule has 0 bridgehead atoms. The van der Waals surface area contributed by atoms with Crippen molar-refractivity contribution < 1.29 is 0 Å². The van der Waals surface area contributed by atoms with Gasteiger partial charge in [-0.15, -0.1) is 5.10 Å². The van der Waals surface area contributed by atoms with Crippen LogP contribution in [-0.4, -0.2) is 27.9 Å². The van der Waals surface area contributed by atoms with E-state index in [0.717, 1.165) is 37.3 Å². The summed E-state index contributed by atoms with van der Waals surface area (Å²) in [5.41, 5.74) is 1.26. The van der Waals surface area contributed by atoms with E-state index in [9.17, 15) is 0 Å². The molecular weight excluding hydrogens is 224 g/mol. The molecule has 0 N–H and O–H groups in total. The van der Waals surface area contributed by atoms with Crippen molar-refractivity contribution in [3.05, 3.63) is 11.4 Å². The van der Waals surface area contributed by atoms with Gasteiger partial charge in [-0.3, -0.25) is 0 Å². The van der Waals surface area contributed by atoms with Gasteiger partial charge in [0, 0.05) is 19.6 Å². The topological polar surface area (TPSA) is 34.0 Å². The lowest BCUT2D eigenvalue weighted by Crippen LogP contribution is -2.23. The van der Waals surface area contributed by atoms with Gasteiger partial charge < -0.3 is 4.90 Å². The Morgan fingerprint density at radius 1 is 1.28 bits per heavy atom. The van der Waals surface area contributed by atoms with Crippen molar-refractivity contribution in [2.75, 3.05) is 18.0 Å². The van der Waals surface area contributed by atoms with E-state index in [2.05, 4.69) is 34.6 Å². The third-order valence-corrected chi connectivity index (χ3v) is 3.60. The van der Waals surface area contributed by atoms with Gasteiger partial charge in [0.1, 0.15) is 0 Å². The minimum atomic E-state index is 0.840. The van der Waals surface area contributed by atoms with E-state index in [0.29, 0.717) is 0 Å². The molecule has 1 saturated carbocycles. The number of hydrogen-bond acceptors (Lipinski definition) is 3. The van der Waals surface area contributed by atoms with Crippen LogP contribution in [0.25, 0.3) is 6.08 Å². The van der Waals surface area contributed by atoms with Crippen LogP contribution in [0.3, 0.4) is 0 Å². The maximum atomic E-state index is 4.71. The average molecular weight is 246 g/mol. The SMILES string of the molecule is CC(C)=Cc1nc(N2CCCC2)n(CC2CC2)n1. The van der Waals surface area contributed by atoms with E-state index in [1.165, 1.54) is 31.3 Å². The number of nitrogens with zero attached hydrogens (tertiary/aromatic N) is 4. The maximum Gasteiger partial charge on any atom is 0.224 e. The summed E-state index contributed by atoms with van der Waals surface area (Å²) in [6.07, 6.45) is 7.36. The Balaban J connectivity index is 1.87. The molecule has 1 aliphatic heterocycles. The normalized spacial score (nSPS) is 19.3. The molecule has 3 rings (SSSR count). The minimum Gasteiger partial charge on any atom is -0.341 e. The zero-order valence-corrected chi connectivity index (χ0v) is 11.4. The van der Waals surface area contributed by atoms with Gasteiger partial charge in [0.15, 0.2) is 5.82 Å². The fourth-order valence-corrected chi connectivity index (χ4v) is 2.49. The molecule has 1 aromatic heterocycles. The average Bonchev–Trinajstić information content (AvgIpc) is 2.83. The molecule has 1 saturated heterocycles. The molecule has 1 aliphatic carbocycles. The summed E-state index contributed by atoms with van der Waals surface area (Å²) < 4.78 is 2.14. The molecule has 0 radical (unpaired) electrons. The molecule has 0 amide bonds. The van der Waals surface area contributed by atoms with Gasteiger partial charge in [-0.05, 0) is 51.5 Å². The van der Waals surface area contributed by atoms with Crippen molar-refractivity contribution in [3.63, 3.8) is 0 Å². The van der Waals surface area contributed by atoms with Crippen LogP contribution in [0.15, 0.2) is 5.57 Å². The first-order valence-corrected chi connectivity index (χ1v) is 7.07. The Labute approximate surface area is 109 Å². The van der Waals surface area contributed by atoms with Crippen molar-refractivity contribution in [3.8, 4) is 0 Å². The summed E-state index contributed by atoms with van der Waals surface area (Å²) in [5.74, 6) is 2.80. The first-order valence-electron chi connectivity index (χ1n) is 7.07. The summed E-state index contributed by atoms with van der Waals surface area (Å²) in [6, 6.07) is 0. The quantitative estimate of drug-likeness (QED) is 0.819. The second kappa shape index (κ2) is 4.75. The van der Waals surface area contributed by atoms with Crippen molar-refractivity contribution in [2.24, 2.45) is 5.92 Å². The predicted octanol–water partition coefficient (Wildman–Crippen LogP) is 2.71. The number of aromatic nitrogens is 3. The summed E-state index contributed by atoms with van der Waals surface area (Å²) in [7, 11) is 0. The van der Waals surface area contributed by atoms with Crippen LogP contribution in [0.5, 0.6) is 0 Å². The number of hydrogen-bond donors (Lipinski definition) is 0. The van der Waals surface area contributed by atoms with E-state index in [1.807, 2.05) is 0 Å². The van der Waals surface area contributed by atoms with E-state index in [-0.39, 0.29) is 0 Å². The first-order chi connectivity index (χ1) is 8.72. The summed E-state index contributed by atoms with van der Waals surface area (Å²) >= 11 is 0. The number of allylic oxidation sites excluding steroid dienone is 1. The van der Waals surface area contributed by atoms with Crippen LogP contribution < -0.4 is 4.90 Å².